The number of carbonyl (C=O) groups is 1. The lowest BCUT2D eigenvalue weighted by Gasteiger charge is -2.06. The molecule has 100 valence electrons. The fourth-order valence-corrected chi connectivity index (χ4v) is 2.75. The molecule has 0 saturated heterocycles. The number of nitrogens with one attached hydrogen (secondary N) is 1. The Morgan fingerprint density at radius 2 is 1.89 bits per heavy atom. The lowest BCUT2D eigenvalue weighted by Crippen LogP contribution is -2.22. The second kappa shape index (κ2) is 6.50. The summed E-state index contributed by atoms with van der Waals surface area (Å²) >= 11 is 1.48. The van der Waals surface area contributed by atoms with Crippen LogP contribution in [0.5, 0.6) is 0 Å². The van der Waals surface area contributed by atoms with Gasteiger partial charge in [-0.3, -0.25) is 4.79 Å². The van der Waals surface area contributed by atoms with Crippen LogP contribution < -0.4 is 5.32 Å². The van der Waals surface area contributed by atoms with Crippen LogP contribution in [0, 0.1) is 0 Å². The van der Waals surface area contributed by atoms with E-state index in [0.29, 0.717) is 6.54 Å². The molecule has 3 nitrogen and oxygen atoms in total. The Balaban J connectivity index is 1.96. The van der Waals surface area contributed by atoms with E-state index in [-0.39, 0.29) is 12.5 Å². The zero-order chi connectivity index (χ0) is 13.7. The highest BCUT2D eigenvalue weighted by Crippen LogP contribution is 2.17. The summed E-state index contributed by atoms with van der Waals surface area (Å²) in [5, 5.41) is 13.8. The van der Waals surface area contributed by atoms with Crippen molar-refractivity contribution in [2.45, 2.75) is 26.5 Å². The molecular formula is C15H17NO2S. The van der Waals surface area contributed by atoms with E-state index in [1.807, 2.05) is 42.6 Å². The monoisotopic (exact) mass is 275 g/mol. The van der Waals surface area contributed by atoms with Crippen molar-refractivity contribution in [3.8, 4) is 0 Å². The molecule has 1 amide bonds. The van der Waals surface area contributed by atoms with E-state index in [0.717, 1.165) is 28.0 Å². The van der Waals surface area contributed by atoms with Gasteiger partial charge < -0.3 is 10.4 Å². The predicted octanol–water partition coefficient (Wildman–Crippen LogP) is 2.73. The first-order chi connectivity index (χ1) is 9.24. The van der Waals surface area contributed by atoms with E-state index in [1.165, 1.54) is 11.3 Å². The lowest BCUT2D eigenvalue weighted by molar-refractivity contribution is 0.0954. The van der Waals surface area contributed by atoms with Crippen LogP contribution in [0.4, 0.5) is 0 Å². The minimum Gasteiger partial charge on any atom is -0.392 e. The Bertz CT molecular complexity index is 546. The highest BCUT2D eigenvalue weighted by atomic mass is 32.1. The van der Waals surface area contributed by atoms with Gasteiger partial charge in [0.2, 0.25) is 0 Å². The van der Waals surface area contributed by atoms with Crippen molar-refractivity contribution < 1.29 is 9.90 Å². The number of hydrogen-bond acceptors (Lipinski definition) is 3. The first kappa shape index (κ1) is 13.8. The fraction of sp³-hybridized carbons (Fsp3) is 0.267. The van der Waals surface area contributed by atoms with Crippen LogP contribution in [0.25, 0.3) is 0 Å². The molecule has 0 saturated carbocycles. The van der Waals surface area contributed by atoms with E-state index >= 15 is 0 Å². The molecule has 1 heterocycles. The fourth-order valence-electron chi connectivity index (χ4n) is 1.84. The molecule has 0 fully saturated rings. The second-order valence-corrected chi connectivity index (χ2v) is 5.20. The van der Waals surface area contributed by atoms with Gasteiger partial charge in [-0.1, -0.05) is 31.2 Å². The molecule has 0 aliphatic heterocycles. The predicted molar refractivity (Wildman–Crippen MR) is 77.2 cm³/mol. The topological polar surface area (TPSA) is 49.3 Å². The average molecular weight is 275 g/mol. The van der Waals surface area contributed by atoms with Gasteiger partial charge in [-0.2, -0.15) is 0 Å². The Kier molecular flexibility index (Phi) is 4.71. The van der Waals surface area contributed by atoms with Gasteiger partial charge in [-0.05, 0) is 34.6 Å². The zero-order valence-electron chi connectivity index (χ0n) is 10.8. The maximum atomic E-state index is 12.0. The van der Waals surface area contributed by atoms with Gasteiger partial charge in [0.25, 0.3) is 5.91 Å². The van der Waals surface area contributed by atoms with Crippen LogP contribution in [-0.2, 0) is 19.6 Å². The molecule has 0 bridgehead atoms. The molecule has 0 aliphatic rings. The molecule has 19 heavy (non-hydrogen) atoms. The second-order valence-electron chi connectivity index (χ2n) is 4.29. The summed E-state index contributed by atoms with van der Waals surface area (Å²) in [6.45, 7) is 2.60. The van der Waals surface area contributed by atoms with Gasteiger partial charge in [0.1, 0.15) is 0 Å². The number of aryl methyl sites for hydroxylation is 1. The van der Waals surface area contributed by atoms with Gasteiger partial charge in [0.15, 0.2) is 0 Å². The van der Waals surface area contributed by atoms with Crippen molar-refractivity contribution in [1.82, 2.24) is 5.32 Å². The molecule has 4 heteroatoms. The number of benzene rings is 1. The number of thiophene rings is 1. The Hall–Kier alpha value is -1.65. The highest BCUT2D eigenvalue weighted by molar-refractivity contribution is 7.12. The van der Waals surface area contributed by atoms with Crippen LogP contribution in [0.1, 0.15) is 33.3 Å². The zero-order valence-corrected chi connectivity index (χ0v) is 11.7. The molecule has 1 aromatic heterocycles. The number of amides is 1. The van der Waals surface area contributed by atoms with Crippen molar-refractivity contribution in [2.75, 3.05) is 0 Å². The summed E-state index contributed by atoms with van der Waals surface area (Å²) in [5.74, 6) is -0.0157. The van der Waals surface area contributed by atoms with Gasteiger partial charge >= 0.3 is 0 Å². The van der Waals surface area contributed by atoms with Crippen molar-refractivity contribution in [3.05, 3.63) is 57.3 Å². The van der Waals surface area contributed by atoms with Gasteiger partial charge in [0, 0.05) is 6.54 Å². The van der Waals surface area contributed by atoms with E-state index in [1.54, 1.807) is 0 Å². The summed E-state index contributed by atoms with van der Waals surface area (Å²) in [4.78, 5) is 12.8. The van der Waals surface area contributed by atoms with E-state index in [9.17, 15) is 4.79 Å². The quantitative estimate of drug-likeness (QED) is 0.881. The molecule has 1 aromatic carbocycles. The third-order valence-electron chi connectivity index (χ3n) is 2.99. The van der Waals surface area contributed by atoms with Gasteiger partial charge in [-0.15, -0.1) is 11.3 Å². The smallest absolute Gasteiger partial charge is 0.261 e. The number of aliphatic hydroxyl groups is 1. The van der Waals surface area contributed by atoms with Crippen LogP contribution >= 0.6 is 11.3 Å². The maximum Gasteiger partial charge on any atom is 0.261 e. The highest BCUT2D eigenvalue weighted by Gasteiger charge is 2.11. The van der Waals surface area contributed by atoms with Crippen LogP contribution in [0.2, 0.25) is 0 Å². The summed E-state index contributed by atoms with van der Waals surface area (Å²) in [6.07, 6.45) is 0.872. The lowest BCUT2D eigenvalue weighted by atomic mass is 10.1. The Morgan fingerprint density at radius 3 is 2.53 bits per heavy atom. The minimum absolute atomic E-state index is 0.0157. The standard InChI is InChI=1S/C15H17NO2S/c1-2-13-7-8-19-14(13)15(18)16-9-11-3-5-12(10-17)6-4-11/h3-8,17H,2,9-10H2,1H3,(H,16,18). The first-order valence-corrected chi connectivity index (χ1v) is 7.15. The molecule has 0 atom stereocenters. The summed E-state index contributed by atoms with van der Waals surface area (Å²) in [6, 6.07) is 9.56. The first-order valence-electron chi connectivity index (χ1n) is 6.27. The minimum atomic E-state index is -0.0157. The van der Waals surface area contributed by atoms with E-state index < -0.39 is 0 Å². The van der Waals surface area contributed by atoms with Crippen LogP contribution in [0.3, 0.4) is 0 Å². The summed E-state index contributed by atoms with van der Waals surface area (Å²) < 4.78 is 0. The third kappa shape index (κ3) is 3.43. The van der Waals surface area contributed by atoms with E-state index in [4.69, 9.17) is 5.11 Å². The van der Waals surface area contributed by atoms with Crippen molar-refractivity contribution in [2.24, 2.45) is 0 Å². The molecule has 2 rings (SSSR count). The molecule has 0 aliphatic carbocycles. The Morgan fingerprint density at radius 1 is 1.21 bits per heavy atom. The maximum absolute atomic E-state index is 12.0. The molecule has 0 spiro atoms. The third-order valence-corrected chi connectivity index (χ3v) is 3.95. The normalized spacial score (nSPS) is 10.4. The molecule has 2 N–H and O–H groups in total. The van der Waals surface area contributed by atoms with Crippen molar-refractivity contribution in [3.63, 3.8) is 0 Å². The SMILES string of the molecule is CCc1ccsc1C(=O)NCc1ccc(CO)cc1. The number of hydrogen-bond donors (Lipinski definition) is 2. The molecule has 0 radical (unpaired) electrons. The van der Waals surface area contributed by atoms with Gasteiger partial charge in [0.05, 0.1) is 11.5 Å². The number of carbonyl (C=O) groups excluding carboxylic acids is 1. The molecule has 0 unspecified atom stereocenters. The number of aliphatic hydroxyl groups excluding tert-OH is 1. The van der Waals surface area contributed by atoms with Gasteiger partial charge in [-0.25, -0.2) is 0 Å². The van der Waals surface area contributed by atoms with E-state index in [2.05, 4.69) is 5.32 Å². The molecular weight excluding hydrogens is 258 g/mol. The van der Waals surface area contributed by atoms with Crippen LogP contribution in [-0.4, -0.2) is 11.0 Å². The largest absolute Gasteiger partial charge is 0.392 e. The van der Waals surface area contributed by atoms with Crippen LogP contribution in [0.15, 0.2) is 35.7 Å². The summed E-state index contributed by atoms with van der Waals surface area (Å²) in [5.41, 5.74) is 3.00. The Labute approximate surface area is 116 Å². The molecule has 2 aromatic rings. The van der Waals surface area contributed by atoms with Crippen molar-refractivity contribution in [1.29, 1.82) is 0 Å². The number of rotatable bonds is 5. The van der Waals surface area contributed by atoms with Crippen molar-refractivity contribution >= 4 is 17.2 Å². The average Bonchev–Trinajstić information content (AvgIpc) is 2.93. The summed E-state index contributed by atoms with van der Waals surface area (Å²) in [7, 11) is 0.